The Morgan fingerprint density at radius 1 is 1.00 bits per heavy atom. The van der Waals surface area contributed by atoms with Crippen LogP contribution in [0.2, 0.25) is 0 Å². The standard InChI is InChI=1S/C20H20N2O/c1-23-15-8-6-7-14(13-15)21-20-16-9-2-4-11-18(16)22-19-12-5-3-10-17(19)20/h2,4,6-9,11,13H,3,5,10,12H2,1H3,(H,21,22). The van der Waals surface area contributed by atoms with E-state index in [4.69, 9.17) is 9.72 Å². The van der Waals surface area contributed by atoms with Crippen molar-refractivity contribution in [2.75, 3.05) is 12.4 Å². The van der Waals surface area contributed by atoms with Crippen molar-refractivity contribution in [1.29, 1.82) is 0 Å². The van der Waals surface area contributed by atoms with E-state index in [0.29, 0.717) is 0 Å². The van der Waals surface area contributed by atoms with Crippen molar-refractivity contribution in [1.82, 2.24) is 4.98 Å². The third kappa shape index (κ3) is 2.63. The number of pyridine rings is 1. The summed E-state index contributed by atoms with van der Waals surface area (Å²) in [6, 6.07) is 16.5. The van der Waals surface area contributed by atoms with Gasteiger partial charge in [0.15, 0.2) is 0 Å². The molecule has 0 unspecified atom stereocenters. The fraction of sp³-hybridized carbons (Fsp3) is 0.250. The molecular weight excluding hydrogens is 284 g/mol. The van der Waals surface area contributed by atoms with Gasteiger partial charge in [0.05, 0.1) is 18.3 Å². The molecule has 0 fully saturated rings. The van der Waals surface area contributed by atoms with Crippen molar-refractivity contribution >= 4 is 22.3 Å². The lowest BCUT2D eigenvalue weighted by Crippen LogP contribution is -2.09. The van der Waals surface area contributed by atoms with Crippen LogP contribution in [0.3, 0.4) is 0 Å². The molecule has 1 aromatic heterocycles. The quantitative estimate of drug-likeness (QED) is 0.750. The highest BCUT2D eigenvalue weighted by molar-refractivity contribution is 5.95. The number of anilines is 2. The van der Waals surface area contributed by atoms with Crippen molar-refractivity contribution in [3.63, 3.8) is 0 Å². The zero-order valence-electron chi connectivity index (χ0n) is 13.3. The summed E-state index contributed by atoms with van der Waals surface area (Å²) in [5.74, 6) is 0.863. The van der Waals surface area contributed by atoms with E-state index < -0.39 is 0 Å². The van der Waals surface area contributed by atoms with Crippen LogP contribution < -0.4 is 10.1 Å². The molecule has 3 heteroatoms. The fourth-order valence-corrected chi connectivity index (χ4v) is 3.36. The Labute approximate surface area is 136 Å². The Balaban J connectivity index is 1.87. The number of nitrogens with one attached hydrogen (secondary N) is 1. The molecule has 0 atom stereocenters. The van der Waals surface area contributed by atoms with Gasteiger partial charge in [-0.05, 0) is 49.4 Å². The van der Waals surface area contributed by atoms with Crippen LogP contribution >= 0.6 is 0 Å². The van der Waals surface area contributed by atoms with E-state index in [0.717, 1.165) is 29.8 Å². The molecule has 0 saturated heterocycles. The van der Waals surface area contributed by atoms with Crippen molar-refractivity contribution in [2.45, 2.75) is 25.7 Å². The molecular formula is C20H20N2O. The first-order valence-corrected chi connectivity index (χ1v) is 8.17. The summed E-state index contributed by atoms with van der Waals surface area (Å²) < 4.78 is 5.34. The highest BCUT2D eigenvalue weighted by atomic mass is 16.5. The summed E-state index contributed by atoms with van der Waals surface area (Å²) in [6.07, 6.45) is 4.64. The van der Waals surface area contributed by atoms with Crippen molar-refractivity contribution < 1.29 is 4.74 Å². The Hall–Kier alpha value is -2.55. The average Bonchev–Trinajstić information content (AvgIpc) is 2.61. The third-order valence-corrected chi connectivity index (χ3v) is 4.51. The second kappa shape index (κ2) is 5.92. The van der Waals surface area contributed by atoms with Gasteiger partial charge in [0.25, 0.3) is 0 Å². The number of aromatic nitrogens is 1. The molecule has 0 saturated carbocycles. The van der Waals surface area contributed by atoms with E-state index in [1.54, 1.807) is 7.11 Å². The lowest BCUT2D eigenvalue weighted by atomic mass is 9.92. The zero-order chi connectivity index (χ0) is 15.6. The minimum atomic E-state index is 0.863. The zero-order valence-corrected chi connectivity index (χ0v) is 13.3. The first-order chi connectivity index (χ1) is 11.3. The van der Waals surface area contributed by atoms with Crippen LogP contribution in [0.15, 0.2) is 48.5 Å². The Bertz CT molecular complexity index is 857. The van der Waals surface area contributed by atoms with Crippen LogP contribution in [0.4, 0.5) is 11.4 Å². The summed E-state index contributed by atoms with van der Waals surface area (Å²) >= 11 is 0. The van der Waals surface area contributed by atoms with E-state index in [1.807, 2.05) is 18.2 Å². The number of methoxy groups -OCH3 is 1. The van der Waals surface area contributed by atoms with E-state index in [-0.39, 0.29) is 0 Å². The van der Waals surface area contributed by atoms with Gasteiger partial charge in [-0.25, -0.2) is 0 Å². The molecule has 23 heavy (non-hydrogen) atoms. The minimum Gasteiger partial charge on any atom is -0.497 e. The largest absolute Gasteiger partial charge is 0.497 e. The number of benzene rings is 2. The average molecular weight is 304 g/mol. The molecule has 3 aromatic rings. The van der Waals surface area contributed by atoms with Crippen LogP contribution in [0.5, 0.6) is 5.75 Å². The number of hydrogen-bond acceptors (Lipinski definition) is 3. The van der Waals surface area contributed by atoms with Gasteiger partial charge in [-0.15, -0.1) is 0 Å². The van der Waals surface area contributed by atoms with Gasteiger partial charge >= 0.3 is 0 Å². The molecule has 2 aromatic carbocycles. The molecule has 0 radical (unpaired) electrons. The number of aryl methyl sites for hydroxylation is 1. The van der Waals surface area contributed by atoms with E-state index in [1.165, 1.54) is 35.2 Å². The normalized spacial score (nSPS) is 13.6. The van der Waals surface area contributed by atoms with E-state index in [2.05, 4.69) is 35.6 Å². The molecule has 0 amide bonds. The predicted octanol–water partition coefficient (Wildman–Crippen LogP) is 4.87. The maximum absolute atomic E-state index is 5.34. The smallest absolute Gasteiger partial charge is 0.120 e. The molecule has 0 bridgehead atoms. The summed E-state index contributed by atoms with van der Waals surface area (Å²) in [7, 11) is 1.70. The maximum Gasteiger partial charge on any atom is 0.120 e. The summed E-state index contributed by atoms with van der Waals surface area (Å²) in [5.41, 5.74) is 5.95. The third-order valence-electron chi connectivity index (χ3n) is 4.51. The van der Waals surface area contributed by atoms with E-state index >= 15 is 0 Å². The fourth-order valence-electron chi connectivity index (χ4n) is 3.36. The van der Waals surface area contributed by atoms with Gasteiger partial charge in [0.1, 0.15) is 5.75 Å². The van der Waals surface area contributed by atoms with Crippen LogP contribution in [0, 0.1) is 0 Å². The van der Waals surface area contributed by atoms with Gasteiger partial charge in [-0.3, -0.25) is 4.98 Å². The van der Waals surface area contributed by atoms with Crippen LogP contribution in [0.1, 0.15) is 24.1 Å². The van der Waals surface area contributed by atoms with Crippen molar-refractivity contribution in [3.05, 3.63) is 59.8 Å². The molecule has 1 N–H and O–H groups in total. The summed E-state index contributed by atoms with van der Waals surface area (Å²) in [4.78, 5) is 4.89. The first kappa shape index (κ1) is 14.1. The lowest BCUT2D eigenvalue weighted by molar-refractivity contribution is 0.415. The molecule has 0 spiro atoms. The number of nitrogens with zero attached hydrogens (tertiary/aromatic N) is 1. The van der Waals surface area contributed by atoms with Gasteiger partial charge in [-0.1, -0.05) is 24.3 Å². The van der Waals surface area contributed by atoms with Gasteiger partial charge < -0.3 is 10.1 Å². The van der Waals surface area contributed by atoms with Crippen molar-refractivity contribution in [2.24, 2.45) is 0 Å². The number of fused-ring (bicyclic) bond motifs is 2. The predicted molar refractivity (Wildman–Crippen MR) is 94.7 cm³/mol. The Morgan fingerprint density at radius 2 is 1.87 bits per heavy atom. The number of ether oxygens (including phenoxy) is 1. The molecule has 0 aliphatic heterocycles. The molecule has 3 nitrogen and oxygen atoms in total. The van der Waals surface area contributed by atoms with Crippen molar-refractivity contribution in [3.8, 4) is 5.75 Å². The number of rotatable bonds is 3. The van der Waals surface area contributed by atoms with Gasteiger partial charge in [0.2, 0.25) is 0 Å². The minimum absolute atomic E-state index is 0.863. The molecule has 4 rings (SSSR count). The SMILES string of the molecule is COc1cccc(Nc2c3c(nc4ccccc24)CCCC3)c1. The number of para-hydroxylation sites is 1. The summed E-state index contributed by atoms with van der Waals surface area (Å²) in [6.45, 7) is 0. The lowest BCUT2D eigenvalue weighted by Gasteiger charge is -2.22. The van der Waals surface area contributed by atoms with Crippen LogP contribution in [-0.4, -0.2) is 12.1 Å². The number of hydrogen-bond donors (Lipinski definition) is 1. The molecule has 1 heterocycles. The van der Waals surface area contributed by atoms with Crippen LogP contribution in [0.25, 0.3) is 10.9 Å². The highest BCUT2D eigenvalue weighted by Gasteiger charge is 2.18. The monoisotopic (exact) mass is 304 g/mol. The molecule has 116 valence electrons. The highest BCUT2D eigenvalue weighted by Crippen LogP contribution is 2.35. The maximum atomic E-state index is 5.34. The second-order valence-electron chi connectivity index (χ2n) is 5.99. The van der Waals surface area contributed by atoms with E-state index in [9.17, 15) is 0 Å². The second-order valence-corrected chi connectivity index (χ2v) is 5.99. The Kier molecular flexibility index (Phi) is 3.62. The topological polar surface area (TPSA) is 34.1 Å². The summed E-state index contributed by atoms with van der Waals surface area (Å²) in [5, 5.41) is 4.82. The molecule has 1 aliphatic rings. The molecule has 1 aliphatic carbocycles. The van der Waals surface area contributed by atoms with Crippen LogP contribution in [-0.2, 0) is 12.8 Å². The Morgan fingerprint density at radius 3 is 2.78 bits per heavy atom. The first-order valence-electron chi connectivity index (χ1n) is 8.17. The van der Waals surface area contributed by atoms with Gasteiger partial charge in [-0.2, -0.15) is 0 Å². The van der Waals surface area contributed by atoms with Gasteiger partial charge in [0, 0.05) is 22.8 Å².